The Balaban J connectivity index is 1.99. The number of carbonyl (C=O) groups excluding carboxylic acids is 1. The second kappa shape index (κ2) is 10.2. The highest BCUT2D eigenvalue weighted by Crippen LogP contribution is 2.24. The van der Waals surface area contributed by atoms with Crippen molar-refractivity contribution in [2.45, 2.75) is 65.1 Å². The topological polar surface area (TPSA) is 65.5 Å². The van der Waals surface area contributed by atoms with Gasteiger partial charge in [0.2, 0.25) is 5.91 Å². The number of carbonyl (C=O) groups is 1. The average Bonchev–Trinajstić information content (AvgIpc) is 2.62. The maximum atomic E-state index is 13.8. The van der Waals surface area contributed by atoms with Gasteiger partial charge in [0.25, 0.3) is 0 Å². The highest BCUT2D eigenvalue weighted by molar-refractivity contribution is 5.81. The van der Waals surface area contributed by atoms with Crippen LogP contribution < -0.4 is 16.0 Å². The van der Waals surface area contributed by atoms with Crippen molar-refractivity contribution in [1.82, 2.24) is 16.0 Å². The van der Waals surface area contributed by atoms with Gasteiger partial charge in [-0.25, -0.2) is 13.8 Å². The number of guanidine groups is 1. The number of halogens is 2. The molecule has 3 N–H and O–H groups in total. The predicted octanol–water partition coefficient (Wildman–Crippen LogP) is 3.10. The van der Waals surface area contributed by atoms with Gasteiger partial charge in [-0.1, -0.05) is 6.42 Å². The van der Waals surface area contributed by atoms with Crippen molar-refractivity contribution >= 4 is 11.9 Å². The van der Waals surface area contributed by atoms with Crippen molar-refractivity contribution in [2.75, 3.05) is 6.54 Å². The fourth-order valence-corrected chi connectivity index (χ4v) is 3.30. The van der Waals surface area contributed by atoms with E-state index in [0.29, 0.717) is 12.5 Å². The molecule has 7 heteroatoms. The lowest BCUT2D eigenvalue weighted by Crippen LogP contribution is -2.47. The summed E-state index contributed by atoms with van der Waals surface area (Å²) in [6, 6.07) is 3.62. The molecule has 1 fully saturated rings. The van der Waals surface area contributed by atoms with Crippen LogP contribution in [0.4, 0.5) is 8.78 Å². The lowest BCUT2D eigenvalue weighted by atomic mass is 9.85. The molecule has 1 aromatic rings. The minimum Gasteiger partial charge on any atom is -0.357 e. The van der Waals surface area contributed by atoms with Crippen LogP contribution in [-0.4, -0.2) is 30.5 Å². The number of hydrogen-bond acceptors (Lipinski definition) is 2. The molecule has 0 saturated heterocycles. The van der Waals surface area contributed by atoms with E-state index in [-0.39, 0.29) is 36.0 Å². The molecule has 5 nitrogen and oxygen atoms in total. The first-order chi connectivity index (χ1) is 12.9. The Hall–Kier alpha value is -2.18. The number of rotatable bonds is 6. The van der Waals surface area contributed by atoms with E-state index >= 15 is 0 Å². The summed E-state index contributed by atoms with van der Waals surface area (Å²) in [5, 5.41) is 9.45. The summed E-state index contributed by atoms with van der Waals surface area (Å²) in [5.41, 5.74) is 0.213. The van der Waals surface area contributed by atoms with E-state index in [2.05, 4.69) is 20.9 Å². The SMILES string of the molecule is CCNC(=NCc1cc(F)ccc1F)NC1CCCC(C(=O)NC(C)C)C1. The highest BCUT2D eigenvalue weighted by atomic mass is 19.1. The standard InChI is InChI=1S/C20H30F2N4O/c1-4-23-20(24-12-15-10-16(21)8-9-18(15)22)26-17-7-5-6-14(11-17)19(27)25-13(2)3/h8-10,13-14,17H,4-7,11-12H2,1-3H3,(H,25,27)(H2,23,24,26). The minimum absolute atomic E-state index is 0.0119. The van der Waals surface area contributed by atoms with Gasteiger partial charge >= 0.3 is 0 Å². The van der Waals surface area contributed by atoms with Crippen LogP contribution in [-0.2, 0) is 11.3 Å². The third kappa shape index (κ3) is 6.81. The summed E-state index contributed by atoms with van der Waals surface area (Å²) in [6.07, 6.45) is 3.53. The third-order valence-corrected chi connectivity index (χ3v) is 4.58. The molecule has 0 radical (unpaired) electrons. The van der Waals surface area contributed by atoms with Crippen molar-refractivity contribution in [3.8, 4) is 0 Å². The fourth-order valence-electron chi connectivity index (χ4n) is 3.30. The molecule has 1 aliphatic carbocycles. The van der Waals surface area contributed by atoms with Gasteiger partial charge in [0.15, 0.2) is 5.96 Å². The molecule has 2 atom stereocenters. The summed E-state index contributed by atoms with van der Waals surface area (Å²) in [4.78, 5) is 16.7. The number of nitrogens with one attached hydrogen (secondary N) is 3. The monoisotopic (exact) mass is 380 g/mol. The molecular formula is C20H30F2N4O. The van der Waals surface area contributed by atoms with Gasteiger partial charge in [0, 0.05) is 30.1 Å². The lowest BCUT2D eigenvalue weighted by molar-refractivity contribution is -0.126. The van der Waals surface area contributed by atoms with Gasteiger partial charge in [0.1, 0.15) is 11.6 Å². The van der Waals surface area contributed by atoms with Crippen LogP contribution >= 0.6 is 0 Å². The highest BCUT2D eigenvalue weighted by Gasteiger charge is 2.28. The zero-order valence-electron chi connectivity index (χ0n) is 16.3. The molecule has 0 heterocycles. The Labute approximate surface area is 160 Å². The number of aliphatic imine (C=N–C) groups is 1. The number of amides is 1. The summed E-state index contributed by atoms with van der Waals surface area (Å²) < 4.78 is 27.1. The Kier molecular flexibility index (Phi) is 8.00. The van der Waals surface area contributed by atoms with Crippen molar-refractivity contribution in [3.63, 3.8) is 0 Å². The van der Waals surface area contributed by atoms with Crippen LogP contribution in [0.15, 0.2) is 23.2 Å². The summed E-state index contributed by atoms with van der Waals surface area (Å²) in [5.74, 6) is -0.316. The van der Waals surface area contributed by atoms with Gasteiger partial charge < -0.3 is 16.0 Å². The largest absolute Gasteiger partial charge is 0.357 e. The van der Waals surface area contributed by atoms with Crippen molar-refractivity contribution in [2.24, 2.45) is 10.9 Å². The van der Waals surface area contributed by atoms with Gasteiger partial charge in [-0.2, -0.15) is 0 Å². The van der Waals surface area contributed by atoms with E-state index in [9.17, 15) is 13.6 Å². The van der Waals surface area contributed by atoms with Crippen molar-refractivity contribution in [3.05, 3.63) is 35.4 Å². The van der Waals surface area contributed by atoms with E-state index < -0.39 is 11.6 Å². The fraction of sp³-hybridized carbons (Fsp3) is 0.600. The molecule has 1 amide bonds. The second-order valence-corrected chi connectivity index (χ2v) is 7.30. The zero-order valence-corrected chi connectivity index (χ0v) is 16.3. The van der Waals surface area contributed by atoms with Crippen LogP contribution in [0.25, 0.3) is 0 Å². The molecule has 0 aromatic heterocycles. The summed E-state index contributed by atoms with van der Waals surface area (Å²) >= 11 is 0. The van der Waals surface area contributed by atoms with E-state index in [1.54, 1.807) is 0 Å². The van der Waals surface area contributed by atoms with Gasteiger partial charge in [0.05, 0.1) is 6.54 Å². The first-order valence-electron chi connectivity index (χ1n) is 9.68. The van der Waals surface area contributed by atoms with Crippen LogP contribution in [0.3, 0.4) is 0 Å². The molecule has 1 aliphatic rings. The Morgan fingerprint density at radius 1 is 1.30 bits per heavy atom. The maximum absolute atomic E-state index is 13.8. The molecular weight excluding hydrogens is 350 g/mol. The van der Waals surface area contributed by atoms with E-state index in [1.807, 2.05) is 20.8 Å². The van der Waals surface area contributed by atoms with E-state index in [0.717, 1.165) is 43.9 Å². The molecule has 1 aromatic carbocycles. The molecule has 2 rings (SSSR count). The Morgan fingerprint density at radius 3 is 2.78 bits per heavy atom. The summed E-state index contributed by atoms with van der Waals surface area (Å²) in [7, 11) is 0. The number of nitrogens with zero attached hydrogens (tertiary/aromatic N) is 1. The maximum Gasteiger partial charge on any atom is 0.223 e. The van der Waals surface area contributed by atoms with Gasteiger partial charge in [-0.15, -0.1) is 0 Å². The Morgan fingerprint density at radius 2 is 2.07 bits per heavy atom. The molecule has 0 bridgehead atoms. The second-order valence-electron chi connectivity index (χ2n) is 7.30. The molecule has 27 heavy (non-hydrogen) atoms. The van der Waals surface area contributed by atoms with Gasteiger partial charge in [-0.3, -0.25) is 4.79 Å². The van der Waals surface area contributed by atoms with E-state index in [1.165, 1.54) is 0 Å². The lowest BCUT2D eigenvalue weighted by Gasteiger charge is -2.30. The predicted molar refractivity (Wildman–Crippen MR) is 103 cm³/mol. The molecule has 2 unspecified atom stereocenters. The van der Waals surface area contributed by atoms with Gasteiger partial charge in [-0.05, 0) is 58.2 Å². The smallest absolute Gasteiger partial charge is 0.223 e. The van der Waals surface area contributed by atoms with Crippen molar-refractivity contribution < 1.29 is 13.6 Å². The molecule has 150 valence electrons. The third-order valence-electron chi connectivity index (χ3n) is 4.58. The number of hydrogen-bond donors (Lipinski definition) is 3. The van der Waals surface area contributed by atoms with Crippen LogP contribution in [0.5, 0.6) is 0 Å². The molecule has 0 aliphatic heterocycles. The molecule has 1 saturated carbocycles. The number of benzene rings is 1. The summed E-state index contributed by atoms with van der Waals surface area (Å²) in [6.45, 7) is 6.56. The van der Waals surface area contributed by atoms with E-state index in [4.69, 9.17) is 0 Å². The van der Waals surface area contributed by atoms with Crippen LogP contribution in [0.1, 0.15) is 52.0 Å². The van der Waals surface area contributed by atoms with Crippen LogP contribution in [0.2, 0.25) is 0 Å². The Bertz CT molecular complexity index is 663. The normalized spacial score (nSPS) is 20.4. The zero-order chi connectivity index (χ0) is 19.8. The minimum atomic E-state index is -0.481. The van der Waals surface area contributed by atoms with Crippen LogP contribution in [0, 0.1) is 17.6 Å². The first kappa shape index (κ1) is 21.1. The first-order valence-corrected chi connectivity index (χ1v) is 9.68. The van der Waals surface area contributed by atoms with Crippen molar-refractivity contribution in [1.29, 1.82) is 0 Å². The average molecular weight is 380 g/mol. The quantitative estimate of drug-likeness (QED) is 0.525. The molecule has 0 spiro atoms.